The van der Waals surface area contributed by atoms with Crippen molar-refractivity contribution in [3.8, 4) is 6.07 Å². The molecule has 3 aromatic rings. The molecule has 1 N–H and O–H groups in total. The SMILES string of the molecule is N#CCCNCC1=NC/C(=C\c2ccc3c(cnn3Cc3ccc(Cl)cc3C(F)(F)F)c2)S1. The van der Waals surface area contributed by atoms with Gasteiger partial charge in [-0.05, 0) is 41.5 Å². The fourth-order valence-corrected chi connectivity index (χ4v) is 4.61. The number of nitrogens with one attached hydrogen (secondary N) is 1. The van der Waals surface area contributed by atoms with Crippen LogP contribution in [0.15, 0.2) is 52.5 Å². The summed E-state index contributed by atoms with van der Waals surface area (Å²) in [5.74, 6) is 0. The number of nitrogens with zero attached hydrogens (tertiary/aromatic N) is 4. The van der Waals surface area contributed by atoms with E-state index in [4.69, 9.17) is 16.9 Å². The molecule has 0 amide bonds. The summed E-state index contributed by atoms with van der Waals surface area (Å²) in [7, 11) is 0. The van der Waals surface area contributed by atoms with Gasteiger partial charge in [-0.25, -0.2) is 0 Å². The molecule has 0 saturated carbocycles. The number of aliphatic imine (C=N–C) groups is 1. The fourth-order valence-electron chi connectivity index (χ4n) is 3.51. The molecular formula is C23H19ClF3N5S. The summed E-state index contributed by atoms with van der Waals surface area (Å²) < 4.78 is 41.8. The van der Waals surface area contributed by atoms with Gasteiger partial charge in [0.2, 0.25) is 0 Å². The molecular weight excluding hydrogens is 471 g/mol. The minimum Gasteiger partial charge on any atom is -0.310 e. The minimum absolute atomic E-state index is 0.0121. The second-order valence-electron chi connectivity index (χ2n) is 7.43. The van der Waals surface area contributed by atoms with E-state index in [-0.39, 0.29) is 17.1 Å². The number of fused-ring (bicyclic) bond motifs is 1. The van der Waals surface area contributed by atoms with Crippen LogP contribution < -0.4 is 5.32 Å². The van der Waals surface area contributed by atoms with Gasteiger partial charge in [0.05, 0.1) is 41.5 Å². The number of halogens is 4. The zero-order chi connectivity index (χ0) is 23.4. The number of nitriles is 1. The van der Waals surface area contributed by atoms with E-state index in [9.17, 15) is 13.2 Å². The van der Waals surface area contributed by atoms with E-state index in [0.29, 0.717) is 26.1 Å². The van der Waals surface area contributed by atoms with Crippen LogP contribution in [0.3, 0.4) is 0 Å². The van der Waals surface area contributed by atoms with Crippen molar-refractivity contribution in [1.29, 1.82) is 5.26 Å². The fraction of sp³-hybridized carbons (Fsp3) is 0.261. The Morgan fingerprint density at radius 3 is 2.88 bits per heavy atom. The smallest absolute Gasteiger partial charge is 0.310 e. The van der Waals surface area contributed by atoms with Crippen molar-refractivity contribution in [3.05, 3.63) is 69.2 Å². The first kappa shape index (κ1) is 23.4. The second kappa shape index (κ2) is 10.00. The maximum absolute atomic E-state index is 13.4. The van der Waals surface area contributed by atoms with E-state index in [1.807, 2.05) is 24.3 Å². The highest BCUT2D eigenvalue weighted by atomic mass is 35.5. The summed E-state index contributed by atoms with van der Waals surface area (Å²) in [5.41, 5.74) is 1.08. The van der Waals surface area contributed by atoms with Crippen molar-refractivity contribution >= 4 is 45.4 Å². The molecule has 2 heterocycles. The maximum atomic E-state index is 13.4. The van der Waals surface area contributed by atoms with E-state index in [2.05, 4.69) is 21.5 Å². The molecule has 0 radical (unpaired) electrons. The summed E-state index contributed by atoms with van der Waals surface area (Å²) >= 11 is 7.39. The molecule has 33 heavy (non-hydrogen) atoms. The van der Waals surface area contributed by atoms with Crippen molar-refractivity contribution < 1.29 is 13.2 Å². The van der Waals surface area contributed by atoms with Crippen molar-refractivity contribution in [2.45, 2.75) is 19.1 Å². The molecule has 1 aliphatic heterocycles. The van der Waals surface area contributed by atoms with Crippen LogP contribution in [0.2, 0.25) is 5.02 Å². The molecule has 10 heteroatoms. The average molecular weight is 490 g/mol. The third-order valence-electron chi connectivity index (χ3n) is 5.04. The van der Waals surface area contributed by atoms with Gasteiger partial charge < -0.3 is 5.32 Å². The molecule has 1 aromatic heterocycles. The molecule has 0 bridgehead atoms. The van der Waals surface area contributed by atoms with Gasteiger partial charge in [0, 0.05) is 34.8 Å². The Bertz CT molecular complexity index is 1270. The quantitative estimate of drug-likeness (QED) is 0.429. The molecule has 170 valence electrons. The highest BCUT2D eigenvalue weighted by Gasteiger charge is 2.33. The topological polar surface area (TPSA) is 66.0 Å². The summed E-state index contributed by atoms with van der Waals surface area (Å²) in [4.78, 5) is 5.61. The summed E-state index contributed by atoms with van der Waals surface area (Å²) in [6.45, 7) is 1.87. The van der Waals surface area contributed by atoms with Gasteiger partial charge in [-0.15, -0.1) is 0 Å². The second-order valence-corrected chi connectivity index (χ2v) is 9.06. The third kappa shape index (κ3) is 5.77. The molecule has 2 aromatic carbocycles. The van der Waals surface area contributed by atoms with Gasteiger partial charge in [0.1, 0.15) is 0 Å². The Kier molecular flexibility index (Phi) is 7.08. The largest absolute Gasteiger partial charge is 0.416 e. The van der Waals surface area contributed by atoms with Gasteiger partial charge in [0.25, 0.3) is 0 Å². The van der Waals surface area contributed by atoms with Crippen molar-refractivity contribution in [1.82, 2.24) is 15.1 Å². The number of aromatic nitrogens is 2. The van der Waals surface area contributed by atoms with Crippen molar-refractivity contribution in [2.75, 3.05) is 19.6 Å². The van der Waals surface area contributed by atoms with E-state index in [1.165, 1.54) is 12.1 Å². The Balaban J connectivity index is 1.48. The zero-order valence-electron chi connectivity index (χ0n) is 17.4. The molecule has 0 fully saturated rings. The van der Waals surface area contributed by atoms with Gasteiger partial charge >= 0.3 is 6.18 Å². The highest BCUT2D eigenvalue weighted by Crippen LogP contribution is 2.34. The standard InChI is InChI=1S/C23H19ClF3N5S/c24-18-4-3-16(20(10-18)23(25,26)27)14-32-21-5-2-15(8-17(21)11-31-32)9-19-12-30-22(33-19)13-29-7-1-6-28/h2-5,8-11,29H,1,7,12-14H2/b19-9+. The average Bonchev–Trinajstić information content (AvgIpc) is 3.38. The van der Waals surface area contributed by atoms with E-state index < -0.39 is 11.7 Å². The van der Waals surface area contributed by atoms with Gasteiger partial charge in [0.15, 0.2) is 0 Å². The zero-order valence-corrected chi connectivity index (χ0v) is 18.9. The van der Waals surface area contributed by atoms with E-state index in [0.717, 1.165) is 32.5 Å². The van der Waals surface area contributed by atoms with E-state index in [1.54, 1.807) is 22.6 Å². The molecule has 0 saturated heterocycles. The van der Waals surface area contributed by atoms with Gasteiger partial charge in [-0.2, -0.15) is 23.5 Å². The Morgan fingerprint density at radius 1 is 1.24 bits per heavy atom. The van der Waals surface area contributed by atoms with Crippen LogP contribution in [0.25, 0.3) is 17.0 Å². The third-order valence-corrected chi connectivity index (χ3v) is 6.29. The van der Waals surface area contributed by atoms with Crippen LogP contribution in [0.5, 0.6) is 0 Å². The number of benzene rings is 2. The predicted octanol–water partition coefficient (Wildman–Crippen LogP) is 5.75. The summed E-state index contributed by atoms with van der Waals surface area (Å²) in [6, 6.07) is 11.6. The first-order chi connectivity index (χ1) is 15.8. The van der Waals surface area contributed by atoms with Crippen molar-refractivity contribution in [3.63, 3.8) is 0 Å². The number of thioether (sulfide) groups is 1. The number of hydrogen-bond donors (Lipinski definition) is 1. The molecule has 0 aliphatic carbocycles. The molecule has 1 aliphatic rings. The summed E-state index contributed by atoms with van der Waals surface area (Å²) in [5, 5.41) is 17.9. The Labute approximate surface area is 197 Å². The first-order valence-electron chi connectivity index (χ1n) is 10.1. The highest BCUT2D eigenvalue weighted by molar-refractivity contribution is 8.17. The predicted molar refractivity (Wildman–Crippen MR) is 126 cm³/mol. The van der Waals surface area contributed by atoms with Crippen molar-refractivity contribution in [2.24, 2.45) is 4.99 Å². The minimum atomic E-state index is -4.49. The monoisotopic (exact) mass is 489 g/mol. The lowest BCUT2D eigenvalue weighted by atomic mass is 10.1. The maximum Gasteiger partial charge on any atom is 0.416 e. The van der Waals surface area contributed by atoms with Crippen LogP contribution in [0.1, 0.15) is 23.1 Å². The molecule has 4 rings (SSSR count). The van der Waals surface area contributed by atoms with Crippen LogP contribution in [0.4, 0.5) is 13.2 Å². The molecule has 5 nitrogen and oxygen atoms in total. The van der Waals surface area contributed by atoms with Gasteiger partial charge in [-0.3, -0.25) is 9.67 Å². The van der Waals surface area contributed by atoms with Crippen LogP contribution in [-0.4, -0.2) is 34.5 Å². The molecule has 0 atom stereocenters. The molecule has 0 spiro atoms. The van der Waals surface area contributed by atoms with E-state index >= 15 is 0 Å². The number of hydrogen-bond acceptors (Lipinski definition) is 5. The van der Waals surface area contributed by atoms with Crippen LogP contribution in [0, 0.1) is 11.3 Å². The lowest BCUT2D eigenvalue weighted by Crippen LogP contribution is -2.21. The lowest BCUT2D eigenvalue weighted by molar-refractivity contribution is -0.138. The Hall–Kier alpha value is -2.80. The van der Waals surface area contributed by atoms with Gasteiger partial charge in [-0.1, -0.05) is 35.5 Å². The molecule has 0 unspecified atom stereocenters. The Morgan fingerprint density at radius 2 is 2.09 bits per heavy atom. The first-order valence-corrected chi connectivity index (χ1v) is 11.3. The lowest BCUT2D eigenvalue weighted by Gasteiger charge is -2.14. The number of alkyl halides is 3. The van der Waals surface area contributed by atoms with Crippen LogP contribution >= 0.6 is 23.4 Å². The number of rotatable bonds is 7. The summed E-state index contributed by atoms with van der Waals surface area (Å²) in [6.07, 6.45) is -0.324. The van der Waals surface area contributed by atoms with Crippen LogP contribution in [-0.2, 0) is 12.7 Å². The normalized spacial score (nSPS) is 15.2.